The number of nitrogens with zero attached hydrogens (tertiary/aromatic N) is 6. The van der Waals surface area contributed by atoms with Crippen molar-refractivity contribution in [3.8, 4) is 11.3 Å². The minimum atomic E-state index is -0.577. The van der Waals surface area contributed by atoms with Gasteiger partial charge in [-0.1, -0.05) is 39.0 Å². The molecular formula is C30H31N7O2. The Balaban J connectivity index is 1.59. The Hall–Kier alpha value is -4.66. The molecule has 5 aromatic rings. The molecule has 1 unspecified atom stereocenters. The van der Waals surface area contributed by atoms with Crippen molar-refractivity contribution >= 4 is 28.5 Å². The highest BCUT2D eigenvalue weighted by Gasteiger charge is 2.29. The lowest BCUT2D eigenvalue weighted by Crippen LogP contribution is -2.32. The lowest BCUT2D eigenvalue weighted by Gasteiger charge is -2.26. The number of carbonyl (C=O) groups is 2. The number of likely N-dealkylation sites (N-methyl/N-ethyl adjacent to an activating group) is 1. The zero-order chi connectivity index (χ0) is 27.8. The van der Waals surface area contributed by atoms with Crippen molar-refractivity contribution in [3.05, 3.63) is 89.5 Å². The topological polar surface area (TPSA) is 119 Å². The van der Waals surface area contributed by atoms with Crippen LogP contribution in [-0.2, 0) is 4.79 Å². The maximum absolute atomic E-state index is 13.1. The first-order valence-corrected chi connectivity index (χ1v) is 12.9. The molecule has 0 saturated heterocycles. The summed E-state index contributed by atoms with van der Waals surface area (Å²) in [5, 5.41) is 5.95. The first-order valence-electron chi connectivity index (χ1n) is 12.9. The Kier molecular flexibility index (Phi) is 6.82. The van der Waals surface area contributed by atoms with Gasteiger partial charge in [-0.25, -0.2) is 14.5 Å². The third-order valence-corrected chi connectivity index (χ3v) is 7.15. The summed E-state index contributed by atoms with van der Waals surface area (Å²) in [6.07, 6.45) is 5.23. The molecule has 0 spiro atoms. The normalized spacial score (nSPS) is 13.1. The van der Waals surface area contributed by atoms with Gasteiger partial charge in [-0.05, 0) is 47.4 Å². The van der Waals surface area contributed by atoms with Crippen LogP contribution in [0.1, 0.15) is 59.8 Å². The standard InChI is InChI=1S/C30H31N7O2/c1-17(2)27(29(39)36(4)5)23-14-21(8-10-22(23)28(31)38)25-15-33-30-34-16-26(37(30)35-25)18(3)19-9-11-24-20(13-19)7-6-12-32-24/h6-18,27H,1-5H3,(H2,31,38)/t18?,27-/m1/s1. The van der Waals surface area contributed by atoms with Gasteiger partial charge >= 0.3 is 0 Å². The minimum absolute atomic E-state index is 0.00927. The molecule has 2 N–H and O–H groups in total. The number of carbonyl (C=O) groups excluding carboxylic acids is 2. The van der Waals surface area contributed by atoms with Crippen LogP contribution in [0.3, 0.4) is 0 Å². The van der Waals surface area contributed by atoms with Crippen LogP contribution in [0, 0.1) is 5.92 Å². The lowest BCUT2D eigenvalue weighted by molar-refractivity contribution is -0.131. The first-order chi connectivity index (χ1) is 18.7. The number of nitrogens with two attached hydrogens (primary N) is 1. The first kappa shape index (κ1) is 26.0. The second-order valence-electron chi connectivity index (χ2n) is 10.3. The average molecular weight is 522 g/mol. The van der Waals surface area contributed by atoms with Crippen molar-refractivity contribution in [1.82, 2.24) is 29.5 Å². The number of aromatic nitrogens is 5. The van der Waals surface area contributed by atoms with E-state index in [9.17, 15) is 9.59 Å². The second-order valence-corrected chi connectivity index (χ2v) is 10.3. The number of rotatable bonds is 7. The third kappa shape index (κ3) is 4.83. The molecule has 0 aliphatic heterocycles. The highest BCUT2D eigenvalue weighted by molar-refractivity contribution is 5.97. The number of amides is 2. The van der Waals surface area contributed by atoms with E-state index >= 15 is 0 Å². The van der Waals surface area contributed by atoms with E-state index in [1.807, 2.05) is 38.1 Å². The van der Waals surface area contributed by atoms with Crippen LogP contribution in [0.2, 0.25) is 0 Å². The van der Waals surface area contributed by atoms with Gasteiger partial charge in [0.25, 0.3) is 5.78 Å². The largest absolute Gasteiger partial charge is 0.366 e. The Bertz CT molecular complexity index is 1710. The quantitative estimate of drug-likeness (QED) is 0.339. The van der Waals surface area contributed by atoms with E-state index in [1.54, 1.807) is 49.3 Å². The number of pyridine rings is 1. The maximum atomic E-state index is 13.1. The molecule has 39 heavy (non-hydrogen) atoms. The summed E-state index contributed by atoms with van der Waals surface area (Å²) in [6, 6.07) is 15.5. The highest BCUT2D eigenvalue weighted by atomic mass is 16.2. The summed E-state index contributed by atoms with van der Waals surface area (Å²) >= 11 is 0. The molecule has 3 aromatic heterocycles. The van der Waals surface area contributed by atoms with Crippen molar-refractivity contribution in [1.29, 1.82) is 0 Å². The van der Waals surface area contributed by atoms with Crippen molar-refractivity contribution < 1.29 is 9.59 Å². The summed E-state index contributed by atoms with van der Waals surface area (Å²) in [7, 11) is 3.41. The molecule has 0 aliphatic rings. The zero-order valence-electron chi connectivity index (χ0n) is 22.7. The maximum Gasteiger partial charge on any atom is 0.250 e. The van der Waals surface area contributed by atoms with E-state index in [1.165, 1.54) is 4.90 Å². The Morgan fingerprint density at radius 2 is 1.72 bits per heavy atom. The molecule has 0 fully saturated rings. The van der Waals surface area contributed by atoms with Gasteiger partial charge in [0, 0.05) is 42.7 Å². The van der Waals surface area contributed by atoms with E-state index in [0.717, 1.165) is 27.7 Å². The molecule has 2 aromatic carbocycles. The van der Waals surface area contributed by atoms with Crippen molar-refractivity contribution in [3.63, 3.8) is 0 Å². The molecule has 0 radical (unpaired) electrons. The summed E-state index contributed by atoms with van der Waals surface area (Å²) in [6.45, 7) is 6.02. The Morgan fingerprint density at radius 3 is 2.44 bits per heavy atom. The Labute approximate surface area is 226 Å². The van der Waals surface area contributed by atoms with E-state index < -0.39 is 11.8 Å². The molecule has 198 valence electrons. The number of hydrogen-bond donors (Lipinski definition) is 1. The highest BCUT2D eigenvalue weighted by Crippen LogP contribution is 2.33. The number of fused-ring (bicyclic) bond motifs is 2. The summed E-state index contributed by atoms with van der Waals surface area (Å²) < 4.78 is 1.75. The molecule has 9 nitrogen and oxygen atoms in total. The molecule has 0 aliphatic carbocycles. The van der Waals surface area contributed by atoms with Crippen molar-refractivity contribution in [2.45, 2.75) is 32.6 Å². The van der Waals surface area contributed by atoms with E-state index in [-0.39, 0.29) is 17.7 Å². The van der Waals surface area contributed by atoms with Gasteiger partial charge < -0.3 is 10.6 Å². The smallest absolute Gasteiger partial charge is 0.250 e. The number of hydrogen-bond acceptors (Lipinski definition) is 6. The molecule has 2 amide bonds. The fourth-order valence-electron chi connectivity index (χ4n) is 5.01. The number of primary amides is 1. The van der Waals surface area contributed by atoms with Crippen LogP contribution in [0.15, 0.2) is 67.1 Å². The van der Waals surface area contributed by atoms with Gasteiger partial charge in [-0.3, -0.25) is 14.6 Å². The minimum Gasteiger partial charge on any atom is -0.366 e. The summed E-state index contributed by atoms with van der Waals surface area (Å²) in [5.74, 6) is -0.788. The molecule has 2 atom stereocenters. The Morgan fingerprint density at radius 1 is 0.949 bits per heavy atom. The summed E-state index contributed by atoms with van der Waals surface area (Å²) in [5.41, 5.74) is 10.9. The van der Waals surface area contributed by atoms with Crippen LogP contribution in [-0.4, -0.2) is 55.4 Å². The lowest BCUT2D eigenvalue weighted by atomic mass is 9.83. The predicted molar refractivity (Wildman–Crippen MR) is 150 cm³/mol. The van der Waals surface area contributed by atoms with Crippen molar-refractivity contribution in [2.75, 3.05) is 14.1 Å². The van der Waals surface area contributed by atoms with Gasteiger partial charge in [0.15, 0.2) is 0 Å². The van der Waals surface area contributed by atoms with E-state index in [4.69, 9.17) is 10.8 Å². The van der Waals surface area contributed by atoms with E-state index in [2.05, 4.69) is 34.0 Å². The predicted octanol–water partition coefficient (Wildman–Crippen LogP) is 4.42. The molecule has 0 saturated carbocycles. The van der Waals surface area contributed by atoms with Gasteiger partial charge in [0.05, 0.1) is 29.5 Å². The monoisotopic (exact) mass is 521 g/mol. The molecule has 5 rings (SSSR count). The molecule has 9 heteroatoms. The van der Waals surface area contributed by atoms with E-state index in [0.29, 0.717) is 22.6 Å². The molecule has 0 bridgehead atoms. The van der Waals surface area contributed by atoms with Gasteiger partial charge in [-0.2, -0.15) is 5.10 Å². The van der Waals surface area contributed by atoms with Crippen LogP contribution >= 0.6 is 0 Å². The SMILES string of the molecule is CC(c1ccc2ncccc2c1)c1cnc2ncc(-c3ccc(C(N)=O)c([C@H](C(=O)N(C)C)C(C)C)c3)nn12. The third-order valence-electron chi connectivity index (χ3n) is 7.15. The van der Waals surface area contributed by atoms with Crippen LogP contribution in [0.25, 0.3) is 27.9 Å². The fraction of sp³-hybridized carbons (Fsp3) is 0.267. The molecular weight excluding hydrogens is 490 g/mol. The van der Waals surface area contributed by atoms with Gasteiger partial charge in [0.2, 0.25) is 11.8 Å². The van der Waals surface area contributed by atoms with Crippen molar-refractivity contribution in [2.24, 2.45) is 11.7 Å². The van der Waals surface area contributed by atoms with Gasteiger partial charge in [0.1, 0.15) is 5.69 Å². The second kappa shape index (κ2) is 10.2. The van der Waals surface area contributed by atoms with Crippen LogP contribution < -0.4 is 5.73 Å². The van der Waals surface area contributed by atoms with Gasteiger partial charge in [-0.15, -0.1) is 0 Å². The molecule has 3 heterocycles. The average Bonchev–Trinajstić information content (AvgIpc) is 3.35. The summed E-state index contributed by atoms with van der Waals surface area (Å²) in [4.78, 5) is 40.4. The number of benzene rings is 2. The van der Waals surface area contributed by atoms with Crippen LogP contribution in [0.5, 0.6) is 0 Å². The number of imidazole rings is 1. The fourth-order valence-corrected chi connectivity index (χ4v) is 5.01. The van der Waals surface area contributed by atoms with Crippen LogP contribution in [0.4, 0.5) is 0 Å². The zero-order valence-corrected chi connectivity index (χ0v) is 22.7.